The van der Waals surface area contributed by atoms with Crippen LogP contribution >= 0.6 is 0 Å². The molecule has 0 N–H and O–H groups in total. The number of hydrogen-bond donors (Lipinski definition) is 0. The number of hydrogen-bond acceptors (Lipinski definition) is 1. The van der Waals surface area contributed by atoms with Gasteiger partial charge in [0.05, 0.1) is 6.61 Å². The predicted octanol–water partition coefficient (Wildman–Crippen LogP) is 2.38. The van der Waals surface area contributed by atoms with Gasteiger partial charge in [0.2, 0.25) is 0 Å². The fraction of sp³-hybridized carbons (Fsp3) is 0.600. The van der Waals surface area contributed by atoms with Gasteiger partial charge in [-0.2, -0.15) is 0 Å². The lowest BCUT2D eigenvalue weighted by Gasteiger charge is -1.97. The van der Waals surface area contributed by atoms with Gasteiger partial charge in [-0.1, -0.05) is 19.3 Å². The van der Waals surface area contributed by atoms with Gasteiger partial charge in [0.25, 0.3) is 0 Å². The van der Waals surface area contributed by atoms with Crippen molar-refractivity contribution in [3.8, 4) is 12.3 Å². The fourth-order valence-corrected chi connectivity index (χ4v) is 0.573. The predicted molar refractivity (Wildman–Crippen MR) is 48.3 cm³/mol. The van der Waals surface area contributed by atoms with E-state index in [1.807, 2.05) is 13.0 Å². The highest BCUT2D eigenvalue weighted by molar-refractivity contribution is 5.22. The maximum Gasteiger partial charge on any atom is 0.0659 e. The molecule has 11 heavy (non-hydrogen) atoms. The highest BCUT2D eigenvalue weighted by atomic mass is 16.5. The molecule has 0 aromatic carbocycles. The lowest BCUT2D eigenvalue weighted by molar-refractivity contribution is 0.158. The Bertz CT molecular complexity index is 151. The second-order valence-electron chi connectivity index (χ2n) is 2.46. The quantitative estimate of drug-likeness (QED) is 0.434. The van der Waals surface area contributed by atoms with E-state index in [0.29, 0.717) is 6.61 Å². The summed E-state index contributed by atoms with van der Waals surface area (Å²) in [7, 11) is 0. The molecule has 1 heteroatoms. The molecule has 0 bridgehead atoms. The summed E-state index contributed by atoms with van der Waals surface area (Å²) in [6.45, 7) is 5.54. The van der Waals surface area contributed by atoms with Crippen molar-refractivity contribution in [1.29, 1.82) is 0 Å². The van der Waals surface area contributed by atoms with E-state index in [2.05, 4.69) is 12.8 Å². The van der Waals surface area contributed by atoms with Gasteiger partial charge in [0.1, 0.15) is 0 Å². The molecule has 1 nitrogen and oxygen atoms in total. The monoisotopic (exact) mass is 152 g/mol. The highest BCUT2D eigenvalue weighted by Gasteiger charge is 1.84. The van der Waals surface area contributed by atoms with E-state index < -0.39 is 0 Å². The van der Waals surface area contributed by atoms with Gasteiger partial charge in [0.15, 0.2) is 0 Å². The Morgan fingerprint density at radius 2 is 2.36 bits per heavy atom. The van der Waals surface area contributed by atoms with E-state index in [4.69, 9.17) is 11.2 Å². The lowest BCUT2D eigenvalue weighted by Crippen LogP contribution is -1.93. The minimum atomic E-state index is 0.649. The third kappa shape index (κ3) is 7.15. The largest absolute Gasteiger partial charge is 0.377 e. The first-order valence-electron chi connectivity index (χ1n) is 4.02. The van der Waals surface area contributed by atoms with Crippen molar-refractivity contribution in [2.75, 3.05) is 13.2 Å². The van der Waals surface area contributed by atoms with Crippen molar-refractivity contribution in [1.82, 2.24) is 0 Å². The van der Waals surface area contributed by atoms with Crippen molar-refractivity contribution in [2.45, 2.75) is 26.7 Å². The van der Waals surface area contributed by atoms with Crippen molar-refractivity contribution >= 4 is 0 Å². The fourth-order valence-electron chi connectivity index (χ4n) is 0.573. The Kier molecular flexibility index (Phi) is 6.87. The van der Waals surface area contributed by atoms with Crippen molar-refractivity contribution < 1.29 is 4.74 Å². The van der Waals surface area contributed by atoms with Gasteiger partial charge >= 0.3 is 0 Å². The smallest absolute Gasteiger partial charge is 0.0659 e. The Labute approximate surface area is 69.4 Å². The van der Waals surface area contributed by atoms with E-state index in [-0.39, 0.29) is 0 Å². The van der Waals surface area contributed by atoms with Gasteiger partial charge in [-0.15, -0.1) is 6.42 Å². The zero-order valence-corrected chi connectivity index (χ0v) is 7.39. The molecule has 0 heterocycles. The van der Waals surface area contributed by atoms with Crippen LogP contribution in [0.25, 0.3) is 0 Å². The molecular weight excluding hydrogens is 136 g/mol. The van der Waals surface area contributed by atoms with E-state index in [1.54, 1.807) is 0 Å². The molecule has 62 valence electrons. The third-order valence-electron chi connectivity index (χ3n) is 1.38. The molecule has 0 saturated heterocycles. The number of allylic oxidation sites excluding steroid dienone is 1. The SMILES string of the molecule is C#C/C(C)=C/COCCCC. The van der Waals surface area contributed by atoms with Crippen LogP contribution in [-0.2, 0) is 4.74 Å². The second-order valence-corrected chi connectivity index (χ2v) is 2.46. The Morgan fingerprint density at radius 3 is 2.91 bits per heavy atom. The molecule has 0 aromatic rings. The molecule has 0 rings (SSSR count). The van der Waals surface area contributed by atoms with Crippen LogP contribution in [0.2, 0.25) is 0 Å². The van der Waals surface area contributed by atoms with Crippen LogP contribution in [0.5, 0.6) is 0 Å². The number of rotatable bonds is 5. The molecule has 0 atom stereocenters. The highest BCUT2D eigenvalue weighted by Crippen LogP contribution is 1.91. The molecule has 0 unspecified atom stereocenters. The Morgan fingerprint density at radius 1 is 1.64 bits per heavy atom. The van der Waals surface area contributed by atoms with Gasteiger partial charge in [-0.3, -0.25) is 0 Å². The molecule has 0 saturated carbocycles. The topological polar surface area (TPSA) is 9.23 Å². The zero-order chi connectivity index (χ0) is 8.53. The minimum absolute atomic E-state index is 0.649. The summed E-state index contributed by atoms with van der Waals surface area (Å²) in [6, 6.07) is 0. The van der Waals surface area contributed by atoms with E-state index in [0.717, 1.165) is 18.6 Å². The van der Waals surface area contributed by atoms with Gasteiger partial charge in [-0.25, -0.2) is 0 Å². The molecule has 0 aliphatic heterocycles. The summed E-state index contributed by atoms with van der Waals surface area (Å²) >= 11 is 0. The first-order chi connectivity index (χ1) is 5.31. The summed E-state index contributed by atoms with van der Waals surface area (Å²) in [5.41, 5.74) is 0.946. The van der Waals surface area contributed by atoms with Gasteiger partial charge in [0, 0.05) is 6.61 Å². The van der Waals surface area contributed by atoms with Crippen molar-refractivity contribution in [3.05, 3.63) is 11.6 Å². The van der Waals surface area contributed by atoms with Crippen LogP contribution in [0.3, 0.4) is 0 Å². The van der Waals surface area contributed by atoms with E-state index in [1.165, 1.54) is 6.42 Å². The Hall–Kier alpha value is -0.740. The average Bonchev–Trinajstić information content (AvgIpc) is 2.04. The maximum atomic E-state index is 5.27. The molecule has 0 fully saturated rings. The second kappa shape index (κ2) is 7.37. The van der Waals surface area contributed by atoms with Crippen LogP contribution in [0.1, 0.15) is 26.7 Å². The van der Waals surface area contributed by atoms with E-state index >= 15 is 0 Å². The summed E-state index contributed by atoms with van der Waals surface area (Å²) in [5.74, 6) is 2.54. The van der Waals surface area contributed by atoms with Crippen LogP contribution in [0.4, 0.5) is 0 Å². The number of ether oxygens (including phenoxy) is 1. The first-order valence-corrected chi connectivity index (χ1v) is 4.02. The van der Waals surface area contributed by atoms with Gasteiger partial charge in [-0.05, 0) is 25.0 Å². The number of unbranched alkanes of at least 4 members (excludes halogenated alkanes) is 1. The summed E-state index contributed by atoms with van der Waals surface area (Å²) < 4.78 is 5.27. The molecule has 0 aliphatic rings. The summed E-state index contributed by atoms with van der Waals surface area (Å²) in [4.78, 5) is 0. The standard InChI is InChI=1S/C10H16O/c1-4-6-8-11-9-7-10(3)5-2/h2,7H,4,6,8-9H2,1,3H3/b10-7+. The van der Waals surface area contributed by atoms with Crippen LogP contribution in [0, 0.1) is 12.3 Å². The minimum Gasteiger partial charge on any atom is -0.377 e. The van der Waals surface area contributed by atoms with Crippen LogP contribution in [-0.4, -0.2) is 13.2 Å². The molecular formula is C10H16O. The van der Waals surface area contributed by atoms with Crippen molar-refractivity contribution in [2.24, 2.45) is 0 Å². The average molecular weight is 152 g/mol. The molecule has 0 radical (unpaired) electrons. The van der Waals surface area contributed by atoms with Gasteiger partial charge < -0.3 is 4.74 Å². The molecule has 0 aliphatic carbocycles. The zero-order valence-electron chi connectivity index (χ0n) is 7.39. The summed E-state index contributed by atoms with van der Waals surface area (Å²) in [5, 5.41) is 0. The Balaban J connectivity index is 3.21. The molecule has 0 spiro atoms. The van der Waals surface area contributed by atoms with Crippen LogP contribution < -0.4 is 0 Å². The third-order valence-corrected chi connectivity index (χ3v) is 1.38. The lowest BCUT2D eigenvalue weighted by atomic mass is 10.3. The van der Waals surface area contributed by atoms with Crippen LogP contribution in [0.15, 0.2) is 11.6 Å². The molecule has 0 amide bonds. The normalized spacial score (nSPS) is 11.2. The number of terminal acetylenes is 1. The van der Waals surface area contributed by atoms with E-state index in [9.17, 15) is 0 Å². The molecule has 0 aromatic heterocycles. The first kappa shape index (κ1) is 10.3. The summed E-state index contributed by atoms with van der Waals surface area (Å²) in [6.07, 6.45) is 9.37. The van der Waals surface area contributed by atoms with Crippen molar-refractivity contribution in [3.63, 3.8) is 0 Å². The maximum absolute atomic E-state index is 5.27.